The van der Waals surface area contributed by atoms with E-state index in [1.807, 2.05) is 0 Å². The van der Waals surface area contributed by atoms with Gasteiger partial charge in [0.25, 0.3) is 5.91 Å². The molecule has 0 aliphatic heterocycles. The molecule has 0 atom stereocenters. The van der Waals surface area contributed by atoms with E-state index < -0.39 is 30.1 Å². The van der Waals surface area contributed by atoms with Gasteiger partial charge in [0.15, 0.2) is 6.61 Å². The first-order chi connectivity index (χ1) is 15.4. The molecule has 3 aromatic carbocycles. The van der Waals surface area contributed by atoms with Gasteiger partial charge in [0, 0.05) is 10.6 Å². The van der Waals surface area contributed by atoms with Crippen molar-refractivity contribution in [1.29, 1.82) is 0 Å². The zero-order valence-electron chi connectivity index (χ0n) is 16.6. The molecule has 0 fully saturated rings. The van der Waals surface area contributed by atoms with Crippen LogP contribution in [0.5, 0.6) is 0 Å². The Morgan fingerprint density at radius 3 is 2.25 bits per heavy atom. The Hall–Kier alpha value is -3.72. The highest BCUT2D eigenvalue weighted by atomic mass is 32.2. The van der Waals surface area contributed by atoms with Crippen molar-refractivity contribution < 1.29 is 27.9 Å². The van der Waals surface area contributed by atoms with Gasteiger partial charge < -0.3 is 15.4 Å². The maximum Gasteiger partial charge on any atom is 0.339 e. The maximum absolute atomic E-state index is 13.6. The smallest absolute Gasteiger partial charge is 0.339 e. The molecule has 9 heteroatoms. The number of esters is 1. The lowest BCUT2D eigenvalue weighted by molar-refractivity contribution is -0.119. The Morgan fingerprint density at radius 2 is 1.50 bits per heavy atom. The Labute approximate surface area is 187 Å². The van der Waals surface area contributed by atoms with Gasteiger partial charge in [-0.3, -0.25) is 9.59 Å². The normalized spacial score (nSPS) is 10.3. The van der Waals surface area contributed by atoms with Gasteiger partial charge in [0.2, 0.25) is 5.91 Å². The lowest BCUT2D eigenvalue weighted by Gasteiger charge is -2.10. The van der Waals surface area contributed by atoms with Crippen LogP contribution in [0.3, 0.4) is 0 Å². The average molecular weight is 456 g/mol. The Bertz CT molecular complexity index is 1120. The number of carbonyl (C=O) groups is 3. The second-order valence-corrected chi connectivity index (χ2v) is 7.46. The molecule has 0 aliphatic carbocycles. The second kappa shape index (κ2) is 11.1. The molecule has 0 saturated carbocycles. The molecule has 0 radical (unpaired) electrons. The van der Waals surface area contributed by atoms with Crippen LogP contribution in [0.1, 0.15) is 10.4 Å². The monoisotopic (exact) mass is 456 g/mol. The summed E-state index contributed by atoms with van der Waals surface area (Å²) in [4.78, 5) is 37.0. The lowest BCUT2D eigenvalue weighted by atomic mass is 10.2. The first kappa shape index (κ1) is 23.0. The van der Waals surface area contributed by atoms with Crippen molar-refractivity contribution in [2.45, 2.75) is 4.90 Å². The summed E-state index contributed by atoms with van der Waals surface area (Å²) in [6.45, 7) is -0.600. The Morgan fingerprint density at radius 1 is 0.812 bits per heavy atom. The summed E-state index contributed by atoms with van der Waals surface area (Å²) in [5.74, 6) is -2.80. The molecule has 3 rings (SSSR count). The predicted molar refractivity (Wildman–Crippen MR) is 118 cm³/mol. The summed E-state index contributed by atoms with van der Waals surface area (Å²) in [5, 5.41) is 4.96. The summed E-state index contributed by atoms with van der Waals surface area (Å²) in [6, 6.07) is 17.4. The number of ether oxygens (including phenoxy) is 1. The van der Waals surface area contributed by atoms with Gasteiger partial charge >= 0.3 is 5.97 Å². The van der Waals surface area contributed by atoms with Crippen LogP contribution in [0.4, 0.5) is 20.2 Å². The quantitative estimate of drug-likeness (QED) is 0.385. The lowest BCUT2D eigenvalue weighted by Crippen LogP contribution is -2.21. The van der Waals surface area contributed by atoms with E-state index >= 15 is 0 Å². The topological polar surface area (TPSA) is 84.5 Å². The van der Waals surface area contributed by atoms with Gasteiger partial charge in [-0.15, -0.1) is 11.8 Å². The number of anilines is 2. The summed E-state index contributed by atoms with van der Waals surface area (Å²) in [5.41, 5.74) is 0.619. The van der Waals surface area contributed by atoms with Crippen molar-refractivity contribution in [3.05, 3.63) is 90.0 Å². The van der Waals surface area contributed by atoms with E-state index in [1.54, 1.807) is 24.3 Å². The van der Waals surface area contributed by atoms with Crippen molar-refractivity contribution >= 4 is 40.9 Å². The summed E-state index contributed by atoms with van der Waals surface area (Å²) >= 11 is 1.11. The van der Waals surface area contributed by atoms with Crippen LogP contribution >= 0.6 is 11.8 Å². The third-order valence-corrected chi connectivity index (χ3v) is 5.15. The van der Waals surface area contributed by atoms with Gasteiger partial charge in [-0.2, -0.15) is 0 Å². The summed E-state index contributed by atoms with van der Waals surface area (Å²) in [7, 11) is 0. The van der Waals surface area contributed by atoms with E-state index in [4.69, 9.17) is 4.74 Å². The average Bonchev–Trinajstić information content (AvgIpc) is 2.79. The van der Waals surface area contributed by atoms with E-state index in [2.05, 4.69) is 10.6 Å². The van der Waals surface area contributed by atoms with Gasteiger partial charge in [-0.25, -0.2) is 13.6 Å². The number of para-hydroxylation sites is 1. The minimum Gasteiger partial charge on any atom is -0.452 e. The van der Waals surface area contributed by atoms with Crippen LogP contribution in [0.15, 0.2) is 77.7 Å². The SMILES string of the molecule is O=C(CSc1ccccc1C(=O)OCC(=O)Nc1ccccc1F)Nc1ccc(F)cc1. The number of hydrogen-bond acceptors (Lipinski definition) is 5. The highest BCUT2D eigenvalue weighted by Gasteiger charge is 2.16. The molecule has 2 N–H and O–H groups in total. The van der Waals surface area contributed by atoms with Crippen molar-refractivity contribution in [2.24, 2.45) is 0 Å². The minimum absolute atomic E-state index is 0.00452. The Kier molecular flexibility index (Phi) is 7.93. The standard InChI is InChI=1S/C23H18F2N2O4S/c24-15-9-11-16(12-10-15)26-22(29)14-32-20-8-4-1-5-17(20)23(30)31-13-21(28)27-19-7-3-2-6-18(19)25/h1-12H,13-14H2,(H,26,29)(H,27,28). The molecule has 3 aromatic rings. The molecule has 0 saturated heterocycles. The van der Waals surface area contributed by atoms with E-state index in [9.17, 15) is 23.2 Å². The molecule has 2 amide bonds. The van der Waals surface area contributed by atoms with Crippen LogP contribution in [-0.2, 0) is 14.3 Å². The molecule has 32 heavy (non-hydrogen) atoms. The maximum atomic E-state index is 13.6. The molecule has 0 heterocycles. The number of nitrogens with one attached hydrogen (secondary N) is 2. The van der Waals surface area contributed by atoms with Crippen molar-refractivity contribution in [3.8, 4) is 0 Å². The first-order valence-corrected chi connectivity index (χ1v) is 10.4. The predicted octanol–water partition coefficient (Wildman–Crippen LogP) is 4.49. The number of hydrogen-bond donors (Lipinski definition) is 2. The molecular weight excluding hydrogens is 438 g/mol. The zero-order chi connectivity index (χ0) is 22.9. The molecule has 0 spiro atoms. The van der Waals surface area contributed by atoms with E-state index in [0.29, 0.717) is 10.6 Å². The van der Waals surface area contributed by atoms with Crippen LogP contribution in [0, 0.1) is 11.6 Å². The van der Waals surface area contributed by atoms with Crippen molar-refractivity contribution in [1.82, 2.24) is 0 Å². The number of thioether (sulfide) groups is 1. The first-order valence-electron chi connectivity index (χ1n) is 9.41. The molecule has 0 unspecified atom stereocenters. The van der Waals surface area contributed by atoms with E-state index in [1.165, 1.54) is 48.5 Å². The molecule has 0 bridgehead atoms. The fraction of sp³-hybridized carbons (Fsp3) is 0.0870. The number of amides is 2. The van der Waals surface area contributed by atoms with Gasteiger partial charge in [0.05, 0.1) is 17.0 Å². The number of halogens is 2. The second-order valence-electron chi connectivity index (χ2n) is 6.44. The molecule has 164 valence electrons. The fourth-order valence-corrected chi connectivity index (χ4v) is 3.43. The van der Waals surface area contributed by atoms with Crippen LogP contribution in [0.25, 0.3) is 0 Å². The number of carbonyl (C=O) groups excluding carboxylic acids is 3. The molecule has 0 aromatic heterocycles. The highest BCUT2D eigenvalue weighted by molar-refractivity contribution is 8.00. The van der Waals surface area contributed by atoms with E-state index in [0.717, 1.165) is 11.8 Å². The van der Waals surface area contributed by atoms with Gasteiger partial charge in [0.1, 0.15) is 11.6 Å². The number of benzene rings is 3. The fourth-order valence-electron chi connectivity index (χ4n) is 2.59. The number of rotatable bonds is 8. The van der Waals surface area contributed by atoms with Gasteiger partial charge in [-0.05, 0) is 48.5 Å². The van der Waals surface area contributed by atoms with Gasteiger partial charge in [-0.1, -0.05) is 24.3 Å². The largest absolute Gasteiger partial charge is 0.452 e. The van der Waals surface area contributed by atoms with Crippen LogP contribution in [-0.4, -0.2) is 30.1 Å². The van der Waals surface area contributed by atoms with Crippen LogP contribution in [0.2, 0.25) is 0 Å². The molecule has 6 nitrogen and oxygen atoms in total. The molecule has 0 aliphatic rings. The van der Waals surface area contributed by atoms with Crippen molar-refractivity contribution in [3.63, 3.8) is 0 Å². The zero-order valence-corrected chi connectivity index (χ0v) is 17.5. The molecular formula is C23H18F2N2O4S. The van der Waals surface area contributed by atoms with Crippen molar-refractivity contribution in [2.75, 3.05) is 23.0 Å². The minimum atomic E-state index is -0.754. The third kappa shape index (κ3) is 6.64. The third-order valence-electron chi connectivity index (χ3n) is 4.08. The van der Waals surface area contributed by atoms with E-state index in [-0.39, 0.29) is 22.9 Å². The summed E-state index contributed by atoms with van der Waals surface area (Å²) in [6.07, 6.45) is 0. The highest BCUT2D eigenvalue weighted by Crippen LogP contribution is 2.24. The summed E-state index contributed by atoms with van der Waals surface area (Å²) < 4.78 is 31.6. The van der Waals surface area contributed by atoms with Crippen LogP contribution < -0.4 is 10.6 Å². The Balaban J connectivity index is 1.53.